The summed E-state index contributed by atoms with van der Waals surface area (Å²) in [4.78, 5) is 14.1. The van der Waals surface area contributed by atoms with Crippen LogP contribution in [-0.4, -0.2) is 40.8 Å². The average Bonchev–Trinajstić information content (AvgIpc) is 2.94. The fourth-order valence-corrected chi connectivity index (χ4v) is 3.42. The Hall–Kier alpha value is -1.49. The summed E-state index contributed by atoms with van der Waals surface area (Å²) in [5.74, 6) is 0. The summed E-state index contributed by atoms with van der Waals surface area (Å²) in [7, 11) is 2.04. The van der Waals surface area contributed by atoms with Crippen molar-refractivity contribution in [3.05, 3.63) is 24.0 Å². The molecule has 0 radical (unpaired) electrons. The van der Waals surface area contributed by atoms with Crippen LogP contribution in [0.3, 0.4) is 0 Å². The second kappa shape index (κ2) is 4.77. The predicted octanol–water partition coefficient (Wildman–Crippen LogP) is 2.30. The molecule has 2 saturated heterocycles. The van der Waals surface area contributed by atoms with Crippen LogP contribution in [0.25, 0.3) is 0 Å². The summed E-state index contributed by atoms with van der Waals surface area (Å²) < 4.78 is 7.56. The van der Waals surface area contributed by atoms with E-state index in [0.717, 1.165) is 26.1 Å². The van der Waals surface area contributed by atoms with Crippen LogP contribution in [-0.2, 0) is 11.8 Å². The maximum absolute atomic E-state index is 12.2. The van der Waals surface area contributed by atoms with E-state index >= 15 is 0 Å². The number of nitrogens with one attached hydrogen (secondary N) is 1. The average molecular weight is 291 g/mol. The van der Waals surface area contributed by atoms with Crippen molar-refractivity contribution in [2.24, 2.45) is 12.5 Å². The van der Waals surface area contributed by atoms with Crippen LogP contribution in [0, 0.1) is 5.41 Å². The van der Waals surface area contributed by atoms with Crippen LogP contribution >= 0.6 is 0 Å². The minimum Gasteiger partial charge on any atom is -0.444 e. The van der Waals surface area contributed by atoms with E-state index in [4.69, 9.17) is 4.74 Å². The van der Waals surface area contributed by atoms with Crippen LogP contribution in [0.1, 0.15) is 38.8 Å². The van der Waals surface area contributed by atoms with Gasteiger partial charge in [-0.05, 0) is 38.8 Å². The molecule has 1 N–H and O–H groups in total. The highest BCUT2D eigenvalue weighted by Crippen LogP contribution is 2.48. The van der Waals surface area contributed by atoms with Gasteiger partial charge in [0.15, 0.2) is 0 Å². The number of carbonyl (C=O) groups is 1. The lowest BCUT2D eigenvalue weighted by atomic mass is 9.70. The molecular formula is C16H25N3O2. The van der Waals surface area contributed by atoms with Crippen molar-refractivity contribution in [3.63, 3.8) is 0 Å². The number of ether oxygens (including phenoxy) is 1. The molecule has 21 heavy (non-hydrogen) atoms. The Balaban J connectivity index is 1.67. The maximum Gasteiger partial charge on any atom is 0.410 e. The Labute approximate surface area is 126 Å². The van der Waals surface area contributed by atoms with Crippen LogP contribution in [0.4, 0.5) is 4.79 Å². The number of nitrogens with zero attached hydrogens (tertiary/aromatic N) is 2. The zero-order valence-electron chi connectivity index (χ0n) is 13.3. The van der Waals surface area contributed by atoms with Gasteiger partial charge in [0.2, 0.25) is 0 Å². The van der Waals surface area contributed by atoms with Crippen molar-refractivity contribution in [2.75, 3.05) is 19.6 Å². The highest BCUT2D eigenvalue weighted by Gasteiger charge is 2.52. The standard InChI is InChI=1S/C16H25N3O2/c1-15(2,3)21-14(20)19-8-6-16(11-19)10-17-13(16)12-5-7-18(4)9-12/h5,7,9,13,17H,6,8,10-11H2,1-4H3/t13-,16-/m1/s1. The number of rotatable bonds is 1. The molecule has 0 unspecified atom stereocenters. The summed E-state index contributed by atoms with van der Waals surface area (Å²) in [6.45, 7) is 8.29. The van der Waals surface area contributed by atoms with E-state index in [-0.39, 0.29) is 11.5 Å². The minimum absolute atomic E-state index is 0.179. The molecular weight excluding hydrogens is 266 g/mol. The van der Waals surface area contributed by atoms with E-state index in [1.807, 2.05) is 32.7 Å². The molecule has 0 aliphatic carbocycles. The summed E-state index contributed by atoms with van der Waals surface area (Å²) in [6.07, 6.45) is 5.09. The van der Waals surface area contributed by atoms with Gasteiger partial charge in [0, 0.05) is 50.5 Å². The predicted molar refractivity (Wildman–Crippen MR) is 81.0 cm³/mol. The van der Waals surface area contributed by atoms with Crippen LogP contribution in [0.5, 0.6) is 0 Å². The molecule has 3 rings (SSSR count). The summed E-state index contributed by atoms with van der Waals surface area (Å²) in [6, 6.07) is 2.51. The van der Waals surface area contributed by atoms with Crippen molar-refractivity contribution in [3.8, 4) is 0 Å². The van der Waals surface area contributed by atoms with Crippen molar-refractivity contribution in [1.29, 1.82) is 0 Å². The van der Waals surface area contributed by atoms with Gasteiger partial charge in [0.25, 0.3) is 0 Å². The Kier molecular flexibility index (Phi) is 3.28. The second-order valence-corrected chi connectivity index (χ2v) is 7.44. The van der Waals surface area contributed by atoms with E-state index in [9.17, 15) is 4.79 Å². The molecule has 1 aromatic rings. The number of amides is 1. The molecule has 1 aromatic heterocycles. The van der Waals surface area contributed by atoms with Gasteiger partial charge >= 0.3 is 6.09 Å². The lowest BCUT2D eigenvalue weighted by molar-refractivity contribution is 0.0216. The van der Waals surface area contributed by atoms with E-state index < -0.39 is 5.60 Å². The molecule has 3 heterocycles. The van der Waals surface area contributed by atoms with Crippen molar-refractivity contribution >= 4 is 6.09 Å². The molecule has 116 valence electrons. The zero-order valence-corrected chi connectivity index (χ0v) is 13.3. The topological polar surface area (TPSA) is 46.5 Å². The first-order valence-corrected chi connectivity index (χ1v) is 7.62. The monoisotopic (exact) mass is 291 g/mol. The summed E-state index contributed by atoms with van der Waals surface area (Å²) in [5, 5.41) is 3.52. The van der Waals surface area contributed by atoms with Gasteiger partial charge in [0.05, 0.1) is 0 Å². The van der Waals surface area contributed by atoms with Crippen molar-refractivity contribution < 1.29 is 9.53 Å². The van der Waals surface area contributed by atoms with Crippen LogP contribution in [0.2, 0.25) is 0 Å². The normalized spacial score (nSPS) is 28.8. The van der Waals surface area contributed by atoms with Gasteiger partial charge in [-0.2, -0.15) is 0 Å². The number of carbonyl (C=O) groups excluding carboxylic acids is 1. The largest absolute Gasteiger partial charge is 0.444 e. The van der Waals surface area contributed by atoms with Gasteiger partial charge in [0.1, 0.15) is 5.60 Å². The van der Waals surface area contributed by atoms with Crippen molar-refractivity contribution in [1.82, 2.24) is 14.8 Å². The SMILES string of the molecule is Cn1ccc([C@H]2NC[C@@]23CCN(C(=O)OC(C)(C)C)C3)c1. The molecule has 2 atom stereocenters. The molecule has 0 saturated carbocycles. The number of hydrogen-bond donors (Lipinski definition) is 1. The van der Waals surface area contributed by atoms with Crippen LogP contribution < -0.4 is 5.32 Å². The molecule has 2 fully saturated rings. The Morgan fingerprint density at radius 3 is 2.76 bits per heavy atom. The maximum atomic E-state index is 12.2. The van der Waals surface area contributed by atoms with E-state index in [1.165, 1.54) is 5.56 Å². The first-order valence-electron chi connectivity index (χ1n) is 7.62. The molecule has 1 spiro atoms. The first kappa shape index (κ1) is 14.4. The van der Waals surface area contributed by atoms with E-state index in [0.29, 0.717) is 6.04 Å². The van der Waals surface area contributed by atoms with Gasteiger partial charge in [-0.25, -0.2) is 4.79 Å². The lowest BCUT2D eigenvalue weighted by Crippen LogP contribution is -2.57. The third kappa shape index (κ3) is 2.67. The first-order chi connectivity index (χ1) is 9.79. The summed E-state index contributed by atoms with van der Waals surface area (Å²) in [5.41, 5.74) is 1.07. The molecule has 5 nitrogen and oxygen atoms in total. The highest BCUT2D eigenvalue weighted by atomic mass is 16.6. The Bertz CT molecular complexity index is 546. The fraction of sp³-hybridized carbons (Fsp3) is 0.688. The van der Waals surface area contributed by atoms with Gasteiger partial charge in [-0.3, -0.25) is 0 Å². The van der Waals surface area contributed by atoms with E-state index in [2.05, 4.69) is 28.3 Å². The smallest absolute Gasteiger partial charge is 0.410 e. The van der Waals surface area contributed by atoms with Crippen LogP contribution in [0.15, 0.2) is 18.5 Å². The molecule has 2 aliphatic rings. The molecule has 0 aromatic carbocycles. The molecule has 2 aliphatic heterocycles. The fourth-order valence-electron chi connectivity index (χ4n) is 3.42. The summed E-state index contributed by atoms with van der Waals surface area (Å²) >= 11 is 0. The Morgan fingerprint density at radius 2 is 2.24 bits per heavy atom. The number of aryl methyl sites for hydroxylation is 1. The third-order valence-electron chi connectivity index (χ3n) is 4.50. The van der Waals surface area contributed by atoms with Gasteiger partial charge in [-0.15, -0.1) is 0 Å². The minimum atomic E-state index is -0.427. The Morgan fingerprint density at radius 1 is 1.48 bits per heavy atom. The van der Waals surface area contributed by atoms with Gasteiger partial charge in [-0.1, -0.05) is 0 Å². The third-order valence-corrected chi connectivity index (χ3v) is 4.50. The molecule has 0 bridgehead atoms. The number of aromatic nitrogens is 1. The van der Waals surface area contributed by atoms with Gasteiger partial charge < -0.3 is 19.5 Å². The lowest BCUT2D eigenvalue weighted by Gasteiger charge is -2.48. The molecule has 1 amide bonds. The van der Waals surface area contributed by atoms with Crippen molar-refractivity contribution in [2.45, 2.75) is 38.8 Å². The number of likely N-dealkylation sites (tertiary alicyclic amines) is 1. The zero-order chi connectivity index (χ0) is 15.3. The quantitative estimate of drug-likeness (QED) is 0.863. The highest BCUT2D eigenvalue weighted by molar-refractivity contribution is 5.68. The number of hydrogen-bond acceptors (Lipinski definition) is 3. The second-order valence-electron chi connectivity index (χ2n) is 7.44. The molecule has 5 heteroatoms. The van der Waals surface area contributed by atoms with E-state index in [1.54, 1.807) is 0 Å².